The minimum Gasteiger partial charge on any atom is -0.291 e. The molecule has 0 spiro atoms. The SMILES string of the molecule is CCC([C]=O)C1CCCC1. The fraction of sp³-hybridized carbons (Fsp3) is 0.889. The summed E-state index contributed by atoms with van der Waals surface area (Å²) in [6, 6.07) is 0. The summed E-state index contributed by atoms with van der Waals surface area (Å²) in [6.45, 7) is 2.08. The number of hydrogen-bond acceptors (Lipinski definition) is 1. The summed E-state index contributed by atoms with van der Waals surface area (Å²) in [6.07, 6.45) is 8.28. The second-order valence-corrected chi connectivity index (χ2v) is 3.18. The zero-order valence-electron chi connectivity index (χ0n) is 6.60. The van der Waals surface area contributed by atoms with Gasteiger partial charge in [0.25, 0.3) is 0 Å². The van der Waals surface area contributed by atoms with Crippen LogP contribution in [0.15, 0.2) is 0 Å². The van der Waals surface area contributed by atoms with Crippen LogP contribution >= 0.6 is 0 Å². The third-order valence-corrected chi connectivity index (χ3v) is 2.56. The molecule has 1 radical (unpaired) electrons. The highest BCUT2D eigenvalue weighted by Crippen LogP contribution is 2.31. The summed E-state index contributed by atoms with van der Waals surface area (Å²) in [5.41, 5.74) is 0. The van der Waals surface area contributed by atoms with Gasteiger partial charge in [-0.05, 0) is 25.2 Å². The fourth-order valence-corrected chi connectivity index (χ4v) is 1.87. The van der Waals surface area contributed by atoms with E-state index >= 15 is 0 Å². The Bertz CT molecular complexity index is 103. The average molecular weight is 139 g/mol. The molecule has 1 aliphatic rings. The second kappa shape index (κ2) is 3.75. The van der Waals surface area contributed by atoms with Gasteiger partial charge in [-0.25, -0.2) is 0 Å². The largest absolute Gasteiger partial charge is 0.291 e. The Morgan fingerprint density at radius 1 is 1.50 bits per heavy atom. The van der Waals surface area contributed by atoms with E-state index in [9.17, 15) is 4.79 Å². The van der Waals surface area contributed by atoms with E-state index in [2.05, 4.69) is 13.2 Å². The van der Waals surface area contributed by atoms with Gasteiger partial charge in [0.15, 0.2) is 0 Å². The molecule has 10 heavy (non-hydrogen) atoms. The third-order valence-electron chi connectivity index (χ3n) is 2.56. The smallest absolute Gasteiger partial charge is 0.202 e. The molecule has 0 aromatic rings. The van der Waals surface area contributed by atoms with Gasteiger partial charge >= 0.3 is 0 Å². The third kappa shape index (κ3) is 1.59. The van der Waals surface area contributed by atoms with Crippen LogP contribution in [0.2, 0.25) is 0 Å². The first-order valence-electron chi connectivity index (χ1n) is 4.26. The summed E-state index contributed by atoms with van der Waals surface area (Å²) in [5, 5.41) is 0. The summed E-state index contributed by atoms with van der Waals surface area (Å²) in [7, 11) is 0. The summed E-state index contributed by atoms with van der Waals surface area (Å²) in [4.78, 5) is 10.4. The molecule has 0 heterocycles. The molecule has 0 aromatic carbocycles. The van der Waals surface area contributed by atoms with E-state index in [1.807, 2.05) is 0 Å². The van der Waals surface area contributed by atoms with Crippen molar-refractivity contribution in [3.05, 3.63) is 0 Å². The van der Waals surface area contributed by atoms with E-state index in [1.165, 1.54) is 25.7 Å². The maximum atomic E-state index is 10.4. The monoisotopic (exact) mass is 139 g/mol. The van der Waals surface area contributed by atoms with Crippen LogP contribution in [0.4, 0.5) is 0 Å². The van der Waals surface area contributed by atoms with E-state index in [0.29, 0.717) is 5.92 Å². The molecule has 0 aliphatic heterocycles. The van der Waals surface area contributed by atoms with Crippen molar-refractivity contribution >= 4 is 6.29 Å². The van der Waals surface area contributed by atoms with Crippen LogP contribution in [-0.2, 0) is 4.79 Å². The topological polar surface area (TPSA) is 17.1 Å². The zero-order chi connectivity index (χ0) is 7.40. The van der Waals surface area contributed by atoms with Crippen molar-refractivity contribution in [2.75, 3.05) is 0 Å². The Morgan fingerprint density at radius 2 is 2.10 bits per heavy atom. The Hall–Kier alpha value is -0.330. The van der Waals surface area contributed by atoms with Crippen LogP contribution in [0.1, 0.15) is 39.0 Å². The molecule has 1 unspecified atom stereocenters. The van der Waals surface area contributed by atoms with Crippen molar-refractivity contribution in [1.29, 1.82) is 0 Å². The summed E-state index contributed by atoms with van der Waals surface area (Å²) >= 11 is 0. The quantitative estimate of drug-likeness (QED) is 0.586. The lowest BCUT2D eigenvalue weighted by Crippen LogP contribution is -2.11. The van der Waals surface area contributed by atoms with Gasteiger partial charge in [-0.15, -0.1) is 0 Å². The molecule has 0 bridgehead atoms. The molecule has 1 fully saturated rings. The number of hydrogen-bond donors (Lipinski definition) is 0. The highest BCUT2D eigenvalue weighted by molar-refractivity contribution is 5.54. The van der Waals surface area contributed by atoms with Gasteiger partial charge in [-0.2, -0.15) is 0 Å². The van der Waals surface area contributed by atoms with Crippen LogP contribution < -0.4 is 0 Å². The van der Waals surface area contributed by atoms with E-state index in [0.717, 1.165) is 6.42 Å². The molecule has 1 heteroatoms. The zero-order valence-corrected chi connectivity index (χ0v) is 6.60. The first-order chi connectivity index (χ1) is 4.88. The highest BCUT2D eigenvalue weighted by atomic mass is 16.1. The lowest BCUT2D eigenvalue weighted by molar-refractivity contribution is 0.394. The minimum atomic E-state index is 0.238. The van der Waals surface area contributed by atoms with Crippen molar-refractivity contribution in [2.45, 2.75) is 39.0 Å². The molecule has 1 saturated carbocycles. The maximum absolute atomic E-state index is 10.4. The Labute approximate surface area is 62.8 Å². The van der Waals surface area contributed by atoms with Crippen molar-refractivity contribution < 1.29 is 4.79 Å². The van der Waals surface area contributed by atoms with Crippen LogP contribution in [0.25, 0.3) is 0 Å². The van der Waals surface area contributed by atoms with Crippen molar-refractivity contribution in [3.8, 4) is 0 Å². The predicted octanol–water partition coefficient (Wildman–Crippen LogP) is 2.31. The Balaban J connectivity index is 2.36. The van der Waals surface area contributed by atoms with Crippen LogP contribution in [-0.4, -0.2) is 6.29 Å². The van der Waals surface area contributed by atoms with Crippen LogP contribution in [0.3, 0.4) is 0 Å². The first kappa shape index (κ1) is 7.77. The minimum absolute atomic E-state index is 0.238. The van der Waals surface area contributed by atoms with E-state index in [1.54, 1.807) is 0 Å². The van der Waals surface area contributed by atoms with E-state index in [-0.39, 0.29) is 5.92 Å². The van der Waals surface area contributed by atoms with Crippen molar-refractivity contribution in [1.82, 2.24) is 0 Å². The van der Waals surface area contributed by atoms with Crippen LogP contribution in [0, 0.1) is 11.8 Å². The molecule has 0 aromatic heterocycles. The first-order valence-corrected chi connectivity index (χ1v) is 4.26. The Kier molecular flexibility index (Phi) is 2.91. The molecule has 1 nitrogen and oxygen atoms in total. The van der Waals surface area contributed by atoms with Gasteiger partial charge in [-0.1, -0.05) is 19.8 Å². The van der Waals surface area contributed by atoms with Crippen molar-refractivity contribution in [3.63, 3.8) is 0 Å². The second-order valence-electron chi connectivity index (χ2n) is 3.18. The molecule has 0 amide bonds. The molecule has 1 aliphatic carbocycles. The normalized spacial score (nSPS) is 22.9. The Morgan fingerprint density at radius 3 is 2.50 bits per heavy atom. The molecule has 1 rings (SSSR count). The number of carbonyl (C=O) groups excluding carboxylic acids is 1. The highest BCUT2D eigenvalue weighted by Gasteiger charge is 2.23. The number of rotatable bonds is 3. The van der Waals surface area contributed by atoms with Gasteiger partial charge in [0.2, 0.25) is 6.29 Å². The lowest BCUT2D eigenvalue weighted by atomic mass is 9.90. The molecular formula is C9H15O. The maximum Gasteiger partial charge on any atom is 0.202 e. The van der Waals surface area contributed by atoms with Gasteiger partial charge in [0.05, 0.1) is 0 Å². The standard InChI is InChI=1S/C9H15O/c1-2-8(7-10)9-5-3-4-6-9/h8-9H,2-6H2,1H3. The molecular weight excluding hydrogens is 124 g/mol. The summed E-state index contributed by atoms with van der Waals surface area (Å²) < 4.78 is 0. The van der Waals surface area contributed by atoms with Gasteiger partial charge in [0, 0.05) is 5.92 Å². The fourth-order valence-electron chi connectivity index (χ4n) is 1.87. The molecule has 0 saturated heterocycles. The predicted molar refractivity (Wildman–Crippen MR) is 41.4 cm³/mol. The summed E-state index contributed by atoms with van der Waals surface area (Å²) in [5.74, 6) is 0.907. The molecule has 0 N–H and O–H groups in total. The van der Waals surface area contributed by atoms with Gasteiger partial charge in [-0.3, -0.25) is 4.79 Å². The molecule has 1 atom stereocenters. The van der Waals surface area contributed by atoms with E-state index in [4.69, 9.17) is 0 Å². The van der Waals surface area contributed by atoms with Gasteiger partial charge in [0.1, 0.15) is 0 Å². The van der Waals surface area contributed by atoms with E-state index < -0.39 is 0 Å². The van der Waals surface area contributed by atoms with Crippen molar-refractivity contribution in [2.24, 2.45) is 11.8 Å². The molecule has 57 valence electrons. The lowest BCUT2D eigenvalue weighted by Gasteiger charge is -2.13. The van der Waals surface area contributed by atoms with Gasteiger partial charge < -0.3 is 0 Å². The van der Waals surface area contributed by atoms with Crippen LogP contribution in [0.5, 0.6) is 0 Å². The average Bonchev–Trinajstić information content (AvgIpc) is 2.43.